The number of fused-ring (bicyclic) bond motifs is 1. The average molecular weight is 373 g/mol. The number of hydrogen-bond donors (Lipinski definition) is 2. The lowest BCUT2D eigenvalue weighted by Crippen LogP contribution is -2.27. The van der Waals surface area contributed by atoms with Crippen LogP contribution in [0.4, 0.5) is 11.4 Å². The van der Waals surface area contributed by atoms with Gasteiger partial charge in [-0.05, 0) is 42.3 Å². The number of nitrogens with two attached hydrogens (primary N) is 1. The van der Waals surface area contributed by atoms with Gasteiger partial charge in [-0.2, -0.15) is 0 Å². The second-order valence-electron chi connectivity index (χ2n) is 5.95. The van der Waals surface area contributed by atoms with Gasteiger partial charge in [0, 0.05) is 18.7 Å². The summed E-state index contributed by atoms with van der Waals surface area (Å²) in [7, 11) is -3.90. The first-order valence-electron chi connectivity index (χ1n) is 8.18. The SMILES string of the molecule is CCC(=O)N1CCc2cc(S(=O)(=O)Nc3ccccc3C(N)=O)ccc21. The number of rotatable bonds is 5. The topological polar surface area (TPSA) is 110 Å². The summed E-state index contributed by atoms with van der Waals surface area (Å²) in [5.74, 6) is -0.709. The van der Waals surface area contributed by atoms with E-state index in [9.17, 15) is 18.0 Å². The van der Waals surface area contributed by atoms with Gasteiger partial charge in [-0.3, -0.25) is 14.3 Å². The molecule has 1 aliphatic heterocycles. The van der Waals surface area contributed by atoms with Crippen molar-refractivity contribution in [2.75, 3.05) is 16.2 Å². The third kappa shape index (κ3) is 3.28. The molecule has 136 valence electrons. The predicted molar refractivity (Wildman–Crippen MR) is 98.6 cm³/mol. The quantitative estimate of drug-likeness (QED) is 0.834. The normalized spacial score (nSPS) is 13.3. The molecule has 0 saturated heterocycles. The molecule has 2 aromatic carbocycles. The van der Waals surface area contributed by atoms with Crippen molar-refractivity contribution in [3.05, 3.63) is 53.6 Å². The molecule has 0 atom stereocenters. The Morgan fingerprint density at radius 1 is 1.19 bits per heavy atom. The van der Waals surface area contributed by atoms with Gasteiger partial charge in [0.15, 0.2) is 0 Å². The monoisotopic (exact) mass is 373 g/mol. The summed E-state index contributed by atoms with van der Waals surface area (Å²) in [6.07, 6.45) is 0.993. The number of para-hydroxylation sites is 1. The summed E-state index contributed by atoms with van der Waals surface area (Å²) in [6, 6.07) is 10.8. The van der Waals surface area contributed by atoms with E-state index in [2.05, 4.69) is 4.72 Å². The Morgan fingerprint density at radius 2 is 1.92 bits per heavy atom. The van der Waals surface area contributed by atoms with Crippen LogP contribution in [0.25, 0.3) is 0 Å². The highest BCUT2D eigenvalue weighted by Crippen LogP contribution is 2.31. The van der Waals surface area contributed by atoms with Crippen molar-refractivity contribution in [1.82, 2.24) is 0 Å². The van der Waals surface area contributed by atoms with Crippen LogP contribution in [0.3, 0.4) is 0 Å². The first-order valence-corrected chi connectivity index (χ1v) is 9.66. The van der Waals surface area contributed by atoms with Gasteiger partial charge in [0.1, 0.15) is 0 Å². The van der Waals surface area contributed by atoms with Gasteiger partial charge in [0.2, 0.25) is 5.91 Å². The molecule has 7 nitrogen and oxygen atoms in total. The van der Waals surface area contributed by atoms with Gasteiger partial charge in [-0.1, -0.05) is 19.1 Å². The zero-order valence-corrected chi connectivity index (χ0v) is 15.0. The molecule has 8 heteroatoms. The molecule has 0 spiro atoms. The average Bonchev–Trinajstić information content (AvgIpc) is 3.04. The summed E-state index contributed by atoms with van der Waals surface area (Å²) in [4.78, 5) is 25.2. The summed E-state index contributed by atoms with van der Waals surface area (Å²) in [5, 5.41) is 0. The fourth-order valence-corrected chi connectivity index (χ4v) is 4.12. The van der Waals surface area contributed by atoms with Gasteiger partial charge in [0.05, 0.1) is 16.1 Å². The summed E-state index contributed by atoms with van der Waals surface area (Å²) in [6.45, 7) is 2.34. The number of sulfonamides is 1. The molecule has 0 bridgehead atoms. The largest absolute Gasteiger partial charge is 0.366 e. The summed E-state index contributed by atoms with van der Waals surface area (Å²) >= 11 is 0. The number of benzene rings is 2. The van der Waals surface area contributed by atoms with Crippen LogP contribution < -0.4 is 15.4 Å². The van der Waals surface area contributed by atoms with E-state index in [4.69, 9.17) is 5.73 Å². The number of nitrogens with one attached hydrogen (secondary N) is 1. The van der Waals surface area contributed by atoms with Crippen LogP contribution in [-0.4, -0.2) is 26.8 Å². The number of hydrogen-bond acceptors (Lipinski definition) is 4. The lowest BCUT2D eigenvalue weighted by Gasteiger charge is -2.17. The maximum absolute atomic E-state index is 12.7. The molecule has 1 heterocycles. The maximum atomic E-state index is 12.7. The van der Waals surface area contributed by atoms with Gasteiger partial charge < -0.3 is 10.6 Å². The van der Waals surface area contributed by atoms with Crippen LogP contribution in [0, 0.1) is 0 Å². The van der Waals surface area contributed by atoms with E-state index in [1.807, 2.05) is 0 Å². The van der Waals surface area contributed by atoms with Gasteiger partial charge in [-0.15, -0.1) is 0 Å². The number of primary amides is 1. The number of nitrogens with zero attached hydrogens (tertiary/aromatic N) is 1. The molecule has 0 unspecified atom stereocenters. The summed E-state index contributed by atoms with van der Waals surface area (Å²) < 4.78 is 27.8. The van der Waals surface area contributed by atoms with Crippen LogP contribution in [0.1, 0.15) is 29.3 Å². The van der Waals surface area contributed by atoms with E-state index in [0.717, 1.165) is 11.3 Å². The van der Waals surface area contributed by atoms with E-state index in [1.165, 1.54) is 18.2 Å². The zero-order chi connectivity index (χ0) is 18.9. The number of carbonyl (C=O) groups is 2. The predicted octanol–water partition coefficient (Wildman–Crippen LogP) is 1.89. The molecule has 0 saturated carbocycles. The third-order valence-corrected chi connectivity index (χ3v) is 5.66. The minimum atomic E-state index is -3.90. The molecule has 3 rings (SSSR count). The van der Waals surface area contributed by atoms with E-state index < -0.39 is 15.9 Å². The Bertz CT molecular complexity index is 986. The first-order chi connectivity index (χ1) is 12.3. The maximum Gasteiger partial charge on any atom is 0.261 e. The van der Waals surface area contributed by atoms with Gasteiger partial charge in [-0.25, -0.2) is 8.42 Å². The van der Waals surface area contributed by atoms with Crippen molar-refractivity contribution in [2.45, 2.75) is 24.7 Å². The Morgan fingerprint density at radius 3 is 2.62 bits per heavy atom. The Labute approximate surface area is 151 Å². The van der Waals surface area contributed by atoms with Crippen LogP contribution in [-0.2, 0) is 21.2 Å². The molecule has 2 aromatic rings. The highest BCUT2D eigenvalue weighted by Gasteiger charge is 2.26. The molecule has 0 radical (unpaired) electrons. The van der Waals surface area contributed by atoms with Crippen LogP contribution in [0.5, 0.6) is 0 Å². The first kappa shape index (κ1) is 17.9. The van der Waals surface area contributed by atoms with E-state index >= 15 is 0 Å². The Hall–Kier alpha value is -2.87. The molecular weight excluding hydrogens is 354 g/mol. The zero-order valence-electron chi connectivity index (χ0n) is 14.2. The molecule has 0 aliphatic carbocycles. The van der Waals surface area contributed by atoms with Crippen molar-refractivity contribution in [2.24, 2.45) is 5.73 Å². The molecule has 26 heavy (non-hydrogen) atoms. The van der Waals surface area contributed by atoms with Crippen molar-refractivity contribution in [1.29, 1.82) is 0 Å². The Kier molecular flexibility index (Phi) is 4.69. The lowest BCUT2D eigenvalue weighted by atomic mass is 10.2. The van der Waals surface area contributed by atoms with Crippen LogP contribution in [0.2, 0.25) is 0 Å². The molecule has 2 amide bonds. The lowest BCUT2D eigenvalue weighted by molar-refractivity contribution is -0.118. The third-order valence-electron chi connectivity index (χ3n) is 4.30. The van der Waals surface area contributed by atoms with Crippen molar-refractivity contribution < 1.29 is 18.0 Å². The smallest absolute Gasteiger partial charge is 0.261 e. The molecular formula is C18H19N3O4S. The number of amides is 2. The van der Waals surface area contributed by atoms with E-state index in [1.54, 1.807) is 36.1 Å². The minimum Gasteiger partial charge on any atom is -0.366 e. The standard InChI is InChI=1S/C18H19N3O4S/c1-2-17(22)21-10-9-12-11-13(7-8-16(12)21)26(24,25)20-15-6-4-3-5-14(15)18(19)23/h3-8,11,20H,2,9-10H2,1H3,(H2,19,23). The fraction of sp³-hybridized carbons (Fsp3) is 0.222. The van der Waals surface area contributed by atoms with Crippen LogP contribution in [0.15, 0.2) is 47.4 Å². The molecule has 0 aromatic heterocycles. The van der Waals surface area contributed by atoms with E-state index in [0.29, 0.717) is 19.4 Å². The van der Waals surface area contributed by atoms with E-state index in [-0.39, 0.29) is 22.1 Å². The van der Waals surface area contributed by atoms with Crippen molar-refractivity contribution >= 4 is 33.2 Å². The second kappa shape index (κ2) is 6.80. The van der Waals surface area contributed by atoms with Crippen molar-refractivity contribution in [3.8, 4) is 0 Å². The number of carbonyl (C=O) groups excluding carboxylic acids is 2. The van der Waals surface area contributed by atoms with Gasteiger partial charge in [0.25, 0.3) is 15.9 Å². The minimum absolute atomic E-state index is 0.00728. The second-order valence-corrected chi connectivity index (χ2v) is 7.64. The molecule has 3 N–H and O–H groups in total. The van der Waals surface area contributed by atoms with Crippen LogP contribution >= 0.6 is 0 Å². The fourth-order valence-electron chi connectivity index (χ4n) is 2.99. The molecule has 1 aliphatic rings. The van der Waals surface area contributed by atoms with Crippen molar-refractivity contribution in [3.63, 3.8) is 0 Å². The van der Waals surface area contributed by atoms with Gasteiger partial charge >= 0.3 is 0 Å². The highest BCUT2D eigenvalue weighted by molar-refractivity contribution is 7.92. The number of anilines is 2. The summed E-state index contributed by atoms with van der Waals surface area (Å²) in [5.41, 5.74) is 7.06. The molecule has 0 fully saturated rings. The Balaban J connectivity index is 1.93. The highest BCUT2D eigenvalue weighted by atomic mass is 32.2.